The number of piperidine rings is 1. The van der Waals surface area contributed by atoms with Crippen LogP contribution in [0, 0.1) is 0 Å². The van der Waals surface area contributed by atoms with Crippen LogP contribution in [0.15, 0.2) is 24.7 Å². The lowest BCUT2D eigenvalue weighted by Gasteiger charge is -2.36. The predicted molar refractivity (Wildman–Crippen MR) is 99.5 cm³/mol. The number of hydrogen-bond acceptors (Lipinski definition) is 3. The van der Waals surface area contributed by atoms with Gasteiger partial charge in [-0.25, -0.2) is 23.5 Å². The van der Waals surface area contributed by atoms with E-state index in [1.54, 1.807) is 17.3 Å². The molecule has 2 aliphatic rings. The summed E-state index contributed by atoms with van der Waals surface area (Å²) in [5.41, 5.74) is 2.64. The molecule has 2 atom stereocenters. The van der Waals surface area contributed by atoms with Gasteiger partial charge in [0.05, 0.1) is 29.5 Å². The number of amides is 2. The van der Waals surface area contributed by atoms with E-state index in [-0.39, 0.29) is 11.9 Å². The van der Waals surface area contributed by atoms with Gasteiger partial charge in [0.2, 0.25) is 0 Å². The summed E-state index contributed by atoms with van der Waals surface area (Å²) in [4.78, 5) is 28.2. The summed E-state index contributed by atoms with van der Waals surface area (Å²) < 4.78 is 28.6. The lowest BCUT2D eigenvalue weighted by Crippen LogP contribution is -2.50. The molecule has 0 aromatic carbocycles. The maximum absolute atomic E-state index is 13.3. The monoisotopic (exact) mass is 388 g/mol. The number of alkyl halides is 2. The third-order valence-electron chi connectivity index (χ3n) is 5.98. The fraction of sp³-hybridized carbons (Fsp3) is 0.526. The highest BCUT2D eigenvalue weighted by Gasteiger charge is 2.38. The number of aromatic nitrogens is 4. The van der Waals surface area contributed by atoms with E-state index >= 15 is 0 Å². The Balaban J connectivity index is 1.43. The lowest BCUT2D eigenvalue weighted by molar-refractivity contribution is 0.0484. The number of halogens is 2. The minimum absolute atomic E-state index is 0.0632. The SMILES string of the molecule is O=C(N1CCC[C@@H](c2ncc3cnc4[nH]ccc4n23)C1)N1CCC[C@@H]1C(F)F. The molecule has 0 unspecified atom stereocenters. The van der Waals surface area contributed by atoms with E-state index in [1.807, 2.05) is 12.3 Å². The van der Waals surface area contributed by atoms with Crippen LogP contribution in [0.2, 0.25) is 0 Å². The number of carbonyl (C=O) groups excluding carboxylic acids is 1. The molecule has 5 heterocycles. The van der Waals surface area contributed by atoms with Crippen LogP contribution in [0.5, 0.6) is 0 Å². The Morgan fingerprint density at radius 1 is 1.18 bits per heavy atom. The van der Waals surface area contributed by atoms with Crippen molar-refractivity contribution in [2.45, 2.75) is 44.1 Å². The predicted octanol–water partition coefficient (Wildman–Crippen LogP) is 3.24. The van der Waals surface area contributed by atoms with E-state index in [2.05, 4.69) is 19.4 Å². The van der Waals surface area contributed by atoms with Gasteiger partial charge in [-0.1, -0.05) is 0 Å². The molecule has 2 aliphatic heterocycles. The van der Waals surface area contributed by atoms with Crippen LogP contribution >= 0.6 is 0 Å². The van der Waals surface area contributed by atoms with Gasteiger partial charge in [0.25, 0.3) is 6.43 Å². The van der Waals surface area contributed by atoms with Gasteiger partial charge in [-0.05, 0) is 31.7 Å². The van der Waals surface area contributed by atoms with Crippen molar-refractivity contribution in [3.63, 3.8) is 0 Å². The molecule has 3 aromatic heterocycles. The number of hydrogen-bond donors (Lipinski definition) is 1. The molecule has 7 nitrogen and oxygen atoms in total. The van der Waals surface area contributed by atoms with Gasteiger partial charge in [0.1, 0.15) is 5.82 Å². The topological polar surface area (TPSA) is 69.5 Å². The Hall–Kier alpha value is -2.71. The van der Waals surface area contributed by atoms with Gasteiger partial charge >= 0.3 is 6.03 Å². The standard InChI is InChI=1S/C19H22F2N6O/c20-16(21)14-4-2-8-26(14)19(28)25-7-1-3-12(11-25)18-24-10-13-9-23-17-15(27(13)18)5-6-22-17/h5-6,9-10,12,14,16,22H,1-4,7-8,11H2/t12-,14-/m1/s1. The lowest BCUT2D eigenvalue weighted by atomic mass is 9.97. The molecule has 2 saturated heterocycles. The molecule has 0 saturated carbocycles. The largest absolute Gasteiger partial charge is 0.345 e. The second-order valence-electron chi connectivity index (χ2n) is 7.65. The van der Waals surface area contributed by atoms with Crippen LogP contribution < -0.4 is 0 Å². The van der Waals surface area contributed by atoms with Crippen molar-refractivity contribution in [1.82, 2.24) is 29.2 Å². The molecule has 9 heteroatoms. The van der Waals surface area contributed by atoms with Gasteiger partial charge in [-0.15, -0.1) is 0 Å². The average molecular weight is 388 g/mol. The summed E-state index contributed by atoms with van der Waals surface area (Å²) in [6, 6.07) is 0.747. The van der Waals surface area contributed by atoms with Crippen LogP contribution in [0.4, 0.5) is 13.6 Å². The number of fused-ring (bicyclic) bond motifs is 3. The van der Waals surface area contributed by atoms with Gasteiger partial charge in [0, 0.05) is 31.7 Å². The molecule has 0 bridgehead atoms. The van der Waals surface area contributed by atoms with E-state index in [4.69, 9.17) is 0 Å². The first-order chi connectivity index (χ1) is 13.6. The summed E-state index contributed by atoms with van der Waals surface area (Å²) >= 11 is 0. The molecule has 0 aliphatic carbocycles. The maximum Gasteiger partial charge on any atom is 0.320 e. The molecule has 28 heavy (non-hydrogen) atoms. The summed E-state index contributed by atoms with van der Waals surface area (Å²) in [5.74, 6) is 0.958. The summed E-state index contributed by atoms with van der Waals surface area (Å²) in [5, 5.41) is 0. The second kappa shape index (κ2) is 6.72. The molecule has 3 aromatic rings. The molecule has 0 radical (unpaired) electrons. The number of urea groups is 1. The van der Waals surface area contributed by atoms with Crippen molar-refractivity contribution in [3.8, 4) is 0 Å². The van der Waals surface area contributed by atoms with Gasteiger partial charge in [-0.3, -0.25) is 4.40 Å². The number of aromatic amines is 1. The minimum Gasteiger partial charge on any atom is -0.345 e. The van der Waals surface area contributed by atoms with Crippen LogP contribution in [0.3, 0.4) is 0 Å². The smallest absolute Gasteiger partial charge is 0.320 e. The molecule has 5 rings (SSSR count). The quantitative estimate of drug-likeness (QED) is 0.733. The second-order valence-corrected chi connectivity index (χ2v) is 7.65. The fourth-order valence-corrected chi connectivity index (χ4v) is 4.62. The highest BCUT2D eigenvalue weighted by Crippen LogP contribution is 2.31. The Kier molecular flexibility index (Phi) is 4.17. The summed E-state index contributed by atoms with van der Waals surface area (Å²) in [6.07, 6.45) is 5.69. The van der Waals surface area contributed by atoms with E-state index in [9.17, 15) is 13.6 Å². The third kappa shape index (κ3) is 2.71. The van der Waals surface area contributed by atoms with E-state index in [1.165, 1.54) is 4.90 Å². The normalized spacial score (nSPS) is 23.4. The molecule has 2 fully saturated rings. The number of likely N-dealkylation sites (tertiary alicyclic amines) is 2. The Labute approximate surface area is 160 Å². The van der Waals surface area contributed by atoms with E-state index in [0.717, 1.165) is 35.3 Å². The highest BCUT2D eigenvalue weighted by atomic mass is 19.3. The van der Waals surface area contributed by atoms with Crippen LogP contribution in [-0.4, -0.2) is 67.3 Å². The average Bonchev–Trinajstić information content (AvgIpc) is 3.45. The zero-order valence-corrected chi connectivity index (χ0v) is 15.4. The number of nitrogens with zero attached hydrogens (tertiary/aromatic N) is 5. The van der Waals surface area contributed by atoms with Crippen molar-refractivity contribution in [3.05, 3.63) is 30.5 Å². The number of nitrogens with one attached hydrogen (secondary N) is 1. The Morgan fingerprint density at radius 2 is 2.00 bits per heavy atom. The number of carbonyl (C=O) groups is 1. The van der Waals surface area contributed by atoms with Crippen molar-refractivity contribution in [2.24, 2.45) is 0 Å². The molecule has 1 N–H and O–H groups in total. The highest BCUT2D eigenvalue weighted by molar-refractivity contribution is 5.76. The van der Waals surface area contributed by atoms with Gasteiger partial charge in [0.15, 0.2) is 5.65 Å². The summed E-state index contributed by atoms with van der Waals surface area (Å²) in [7, 11) is 0. The number of rotatable bonds is 2. The van der Waals surface area contributed by atoms with Gasteiger partial charge in [-0.2, -0.15) is 0 Å². The van der Waals surface area contributed by atoms with Crippen molar-refractivity contribution in [1.29, 1.82) is 0 Å². The molecular formula is C19H22F2N6O. The Morgan fingerprint density at radius 3 is 2.86 bits per heavy atom. The van der Waals surface area contributed by atoms with Crippen molar-refractivity contribution >= 4 is 22.7 Å². The zero-order valence-electron chi connectivity index (χ0n) is 15.4. The fourth-order valence-electron chi connectivity index (χ4n) is 4.62. The zero-order chi connectivity index (χ0) is 19.3. The van der Waals surface area contributed by atoms with Gasteiger partial charge < -0.3 is 14.8 Å². The van der Waals surface area contributed by atoms with Crippen LogP contribution in [0.25, 0.3) is 16.7 Å². The molecule has 0 spiro atoms. The van der Waals surface area contributed by atoms with E-state index < -0.39 is 12.5 Å². The molecule has 148 valence electrons. The van der Waals surface area contributed by atoms with Crippen molar-refractivity contribution < 1.29 is 13.6 Å². The van der Waals surface area contributed by atoms with Crippen LogP contribution in [-0.2, 0) is 0 Å². The number of H-pyrrole nitrogens is 1. The van der Waals surface area contributed by atoms with Crippen LogP contribution in [0.1, 0.15) is 37.4 Å². The third-order valence-corrected chi connectivity index (χ3v) is 5.98. The minimum atomic E-state index is -2.49. The molecule has 2 amide bonds. The maximum atomic E-state index is 13.3. The molecular weight excluding hydrogens is 366 g/mol. The first kappa shape index (κ1) is 17.4. The van der Waals surface area contributed by atoms with E-state index in [0.29, 0.717) is 32.5 Å². The van der Waals surface area contributed by atoms with Crippen molar-refractivity contribution in [2.75, 3.05) is 19.6 Å². The first-order valence-corrected chi connectivity index (χ1v) is 9.76. The first-order valence-electron chi connectivity index (χ1n) is 9.76. The summed E-state index contributed by atoms with van der Waals surface area (Å²) in [6.45, 7) is 1.52. The number of imidazole rings is 1. The Bertz CT molecular complexity index is 1010.